The van der Waals surface area contributed by atoms with Crippen molar-refractivity contribution in [3.63, 3.8) is 0 Å². The summed E-state index contributed by atoms with van der Waals surface area (Å²) in [5, 5.41) is 0.884. The highest BCUT2D eigenvalue weighted by Gasteiger charge is 2.26. The summed E-state index contributed by atoms with van der Waals surface area (Å²) in [5.74, 6) is 0.428. The molecule has 1 fully saturated rings. The molecule has 0 unspecified atom stereocenters. The Morgan fingerprint density at radius 1 is 1.14 bits per heavy atom. The van der Waals surface area contributed by atoms with Gasteiger partial charge in [0.25, 0.3) is 5.91 Å². The van der Waals surface area contributed by atoms with E-state index in [-0.39, 0.29) is 5.91 Å². The Morgan fingerprint density at radius 2 is 1.82 bits per heavy atom. The average molecular weight is 314 g/mol. The van der Waals surface area contributed by atoms with Crippen LogP contribution in [0.4, 0.5) is 0 Å². The largest absolute Gasteiger partial charge is 0.351 e. The summed E-state index contributed by atoms with van der Waals surface area (Å²) in [5.41, 5.74) is 2.38. The van der Waals surface area contributed by atoms with Gasteiger partial charge in [0, 0.05) is 13.1 Å². The second kappa shape index (κ2) is 6.69. The predicted molar refractivity (Wildman–Crippen MR) is 94.0 cm³/mol. The summed E-state index contributed by atoms with van der Waals surface area (Å²) in [4.78, 5) is 19.3. The fourth-order valence-electron chi connectivity index (χ4n) is 2.75. The molecule has 0 aromatic heterocycles. The van der Waals surface area contributed by atoms with E-state index in [0.29, 0.717) is 5.92 Å². The molecule has 2 aliphatic rings. The monoisotopic (exact) mass is 314 g/mol. The topological polar surface area (TPSA) is 32.7 Å². The molecular weight excluding hydrogens is 292 g/mol. The lowest BCUT2D eigenvalue weighted by atomic mass is 10.0. The zero-order chi connectivity index (χ0) is 15.5. The zero-order valence-electron chi connectivity index (χ0n) is 13.2. The zero-order valence-corrected chi connectivity index (χ0v) is 14.0. The van der Waals surface area contributed by atoms with Crippen LogP contribution in [-0.2, 0) is 4.79 Å². The van der Waals surface area contributed by atoms with Gasteiger partial charge in [-0.3, -0.25) is 4.79 Å². The first kappa shape index (κ1) is 15.3. The fourth-order valence-corrected chi connectivity index (χ4v) is 3.71. The molecule has 0 saturated carbocycles. The average Bonchev–Trinajstić information content (AvgIpc) is 2.90. The van der Waals surface area contributed by atoms with E-state index in [1.54, 1.807) is 0 Å². The Hall–Kier alpha value is -1.55. The lowest BCUT2D eigenvalue weighted by Crippen LogP contribution is -2.33. The molecule has 1 aromatic carbocycles. The normalized spacial score (nSPS) is 20.9. The third kappa shape index (κ3) is 3.43. The Bertz CT molecular complexity index is 610. The summed E-state index contributed by atoms with van der Waals surface area (Å²) in [6.45, 7) is 6.41. The molecular formula is C18H22N2OS. The van der Waals surface area contributed by atoms with Crippen LogP contribution in [0, 0.1) is 0 Å². The molecule has 0 radical (unpaired) electrons. The van der Waals surface area contributed by atoms with Crippen LogP contribution >= 0.6 is 11.8 Å². The van der Waals surface area contributed by atoms with Crippen LogP contribution in [0.3, 0.4) is 0 Å². The number of amides is 1. The molecule has 116 valence electrons. The smallest absolute Gasteiger partial charge is 0.286 e. The maximum Gasteiger partial charge on any atom is 0.286 e. The van der Waals surface area contributed by atoms with Gasteiger partial charge >= 0.3 is 0 Å². The van der Waals surface area contributed by atoms with Gasteiger partial charge < -0.3 is 4.90 Å². The molecule has 1 saturated heterocycles. The van der Waals surface area contributed by atoms with E-state index >= 15 is 0 Å². The lowest BCUT2D eigenvalue weighted by Gasteiger charge is -2.27. The van der Waals surface area contributed by atoms with E-state index in [4.69, 9.17) is 0 Å². The van der Waals surface area contributed by atoms with Crippen LogP contribution in [-0.4, -0.2) is 29.1 Å². The number of amidine groups is 1. The first-order chi connectivity index (χ1) is 10.6. The van der Waals surface area contributed by atoms with E-state index < -0.39 is 0 Å². The molecule has 4 heteroatoms. The van der Waals surface area contributed by atoms with Crippen molar-refractivity contribution in [1.29, 1.82) is 0 Å². The van der Waals surface area contributed by atoms with Crippen molar-refractivity contribution >= 4 is 28.9 Å². The van der Waals surface area contributed by atoms with Crippen molar-refractivity contribution in [2.75, 3.05) is 13.1 Å². The highest BCUT2D eigenvalue weighted by Crippen LogP contribution is 2.31. The molecule has 3 rings (SSSR count). The van der Waals surface area contributed by atoms with Crippen LogP contribution in [0.2, 0.25) is 0 Å². The van der Waals surface area contributed by atoms with Gasteiger partial charge in [-0.05, 0) is 54.1 Å². The fraction of sp³-hybridized carbons (Fsp3) is 0.444. The number of aliphatic imine (C=N–C) groups is 1. The van der Waals surface area contributed by atoms with Crippen LogP contribution in [0.5, 0.6) is 0 Å². The summed E-state index contributed by atoms with van der Waals surface area (Å²) in [6, 6.07) is 8.42. The Balaban J connectivity index is 1.71. The summed E-state index contributed by atoms with van der Waals surface area (Å²) < 4.78 is 0. The molecule has 22 heavy (non-hydrogen) atoms. The van der Waals surface area contributed by atoms with Gasteiger partial charge in [0.15, 0.2) is 5.17 Å². The second-order valence-corrected chi connectivity index (χ2v) is 7.19. The molecule has 0 aliphatic carbocycles. The third-order valence-electron chi connectivity index (χ3n) is 4.14. The number of benzene rings is 1. The first-order valence-electron chi connectivity index (χ1n) is 8.01. The highest BCUT2D eigenvalue weighted by atomic mass is 32.2. The van der Waals surface area contributed by atoms with Crippen molar-refractivity contribution in [2.24, 2.45) is 4.99 Å². The Morgan fingerprint density at radius 3 is 2.45 bits per heavy atom. The number of carbonyl (C=O) groups is 1. The number of rotatable bonds is 2. The minimum atomic E-state index is -0.0986. The maximum absolute atomic E-state index is 12.1. The van der Waals surface area contributed by atoms with E-state index in [0.717, 1.165) is 28.7 Å². The molecule has 2 aliphatic heterocycles. The van der Waals surface area contributed by atoms with Gasteiger partial charge in [0.2, 0.25) is 0 Å². The molecule has 0 N–H and O–H groups in total. The van der Waals surface area contributed by atoms with Crippen LogP contribution in [0.1, 0.15) is 50.2 Å². The van der Waals surface area contributed by atoms with Crippen molar-refractivity contribution < 1.29 is 4.79 Å². The number of hydrogen-bond acceptors (Lipinski definition) is 3. The molecule has 2 heterocycles. The number of nitrogens with zero attached hydrogens (tertiary/aromatic N) is 2. The number of thioether (sulfide) groups is 1. The number of carbonyl (C=O) groups excluding carboxylic acids is 1. The minimum Gasteiger partial charge on any atom is -0.351 e. The Kier molecular flexibility index (Phi) is 4.67. The number of likely N-dealkylation sites (tertiary alicyclic amines) is 1. The summed E-state index contributed by atoms with van der Waals surface area (Å²) in [7, 11) is 0. The SMILES string of the molecule is CC(C)c1ccc(/C=C2\SC(N3CCCCC3)=NC2=O)cc1. The lowest BCUT2D eigenvalue weighted by molar-refractivity contribution is -0.113. The molecule has 3 nitrogen and oxygen atoms in total. The molecule has 0 atom stereocenters. The van der Waals surface area contributed by atoms with Crippen LogP contribution in [0.25, 0.3) is 6.08 Å². The maximum atomic E-state index is 12.1. The van der Waals surface area contributed by atoms with E-state index in [2.05, 4.69) is 48.0 Å². The van der Waals surface area contributed by atoms with Gasteiger partial charge in [-0.2, -0.15) is 4.99 Å². The predicted octanol–water partition coefficient (Wildman–Crippen LogP) is 4.27. The molecule has 1 amide bonds. The first-order valence-corrected chi connectivity index (χ1v) is 8.82. The van der Waals surface area contributed by atoms with Gasteiger partial charge in [-0.1, -0.05) is 38.1 Å². The number of piperidine rings is 1. The van der Waals surface area contributed by atoms with Crippen molar-refractivity contribution in [3.05, 3.63) is 40.3 Å². The summed E-state index contributed by atoms with van der Waals surface area (Å²) in [6.07, 6.45) is 5.64. The minimum absolute atomic E-state index is 0.0986. The third-order valence-corrected chi connectivity index (χ3v) is 5.18. The van der Waals surface area contributed by atoms with Crippen LogP contribution < -0.4 is 0 Å². The van der Waals surface area contributed by atoms with Crippen LogP contribution in [0.15, 0.2) is 34.2 Å². The van der Waals surface area contributed by atoms with E-state index in [1.807, 2.05) is 6.08 Å². The molecule has 0 spiro atoms. The molecule has 1 aromatic rings. The Labute approximate surface area is 136 Å². The van der Waals surface area contributed by atoms with Gasteiger partial charge in [-0.25, -0.2) is 0 Å². The second-order valence-electron chi connectivity index (χ2n) is 6.18. The van der Waals surface area contributed by atoms with Gasteiger partial charge in [-0.15, -0.1) is 0 Å². The van der Waals surface area contributed by atoms with Crippen molar-refractivity contribution in [2.45, 2.75) is 39.0 Å². The summed E-state index contributed by atoms with van der Waals surface area (Å²) >= 11 is 1.52. The highest BCUT2D eigenvalue weighted by molar-refractivity contribution is 8.18. The van der Waals surface area contributed by atoms with Gasteiger partial charge in [0.05, 0.1) is 4.91 Å². The van der Waals surface area contributed by atoms with Crippen molar-refractivity contribution in [1.82, 2.24) is 4.90 Å². The standard InChI is InChI=1S/C18H22N2OS/c1-13(2)15-8-6-14(7-9-15)12-16-17(21)19-18(22-16)20-10-4-3-5-11-20/h6-9,12-13H,3-5,10-11H2,1-2H3/b16-12-. The van der Waals surface area contributed by atoms with Gasteiger partial charge in [0.1, 0.15) is 0 Å². The molecule has 0 bridgehead atoms. The van der Waals surface area contributed by atoms with E-state index in [9.17, 15) is 4.79 Å². The van der Waals surface area contributed by atoms with Crippen molar-refractivity contribution in [3.8, 4) is 0 Å². The van der Waals surface area contributed by atoms with E-state index in [1.165, 1.54) is 36.6 Å². The number of hydrogen-bond donors (Lipinski definition) is 0. The quantitative estimate of drug-likeness (QED) is 0.764.